The quantitative estimate of drug-likeness (QED) is 0.544. The molecule has 0 saturated carbocycles. The Hall–Kier alpha value is -2.04. The van der Waals surface area contributed by atoms with Gasteiger partial charge in [-0.25, -0.2) is 0 Å². The fourth-order valence-corrected chi connectivity index (χ4v) is 6.39. The van der Waals surface area contributed by atoms with Gasteiger partial charge in [-0.1, -0.05) is 0 Å². The molecule has 132 valence electrons. The third-order valence-electron chi connectivity index (χ3n) is 4.05. The molecule has 0 heterocycles. The fourth-order valence-electron chi connectivity index (χ4n) is 2.81. The molecule has 0 aliphatic heterocycles. The van der Waals surface area contributed by atoms with Crippen molar-refractivity contribution in [3.8, 4) is 0 Å². The van der Waals surface area contributed by atoms with Gasteiger partial charge in [-0.3, -0.25) is 9.11 Å². The van der Waals surface area contributed by atoms with Crippen LogP contribution in [0.4, 0.5) is 0 Å². The zero-order chi connectivity index (χ0) is 18.3. The molecule has 0 aromatic heterocycles. The summed E-state index contributed by atoms with van der Waals surface area (Å²) < 4.78 is 31.6. The Bertz CT molecular complexity index is 778. The van der Waals surface area contributed by atoms with Crippen LogP contribution in [0.15, 0.2) is 91.0 Å². The Morgan fingerprint density at radius 2 is 0.800 bits per heavy atom. The monoisotopic (exact) mass is 376 g/mol. The summed E-state index contributed by atoms with van der Waals surface area (Å²) in [6.45, 7) is 2.44. The number of hydrogen-bond donors (Lipinski definition) is 2. The third-order valence-corrected chi connectivity index (χ3v) is 8.52. The summed E-state index contributed by atoms with van der Waals surface area (Å²) in [6.07, 6.45) is 0. The first-order chi connectivity index (χ1) is 11.8. The Balaban J connectivity index is 0.000000399. The van der Waals surface area contributed by atoms with Crippen molar-refractivity contribution >= 4 is 33.6 Å². The maximum absolute atomic E-state index is 8.74. The van der Waals surface area contributed by atoms with Gasteiger partial charge in [0, 0.05) is 0 Å². The molecule has 6 heteroatoms. The van der Waals surface area contributed by atoms with E-state index in [4.69, 9.17) is 17.5 Å². The van der Waals surface area contributed by atoms with E-state index in [1.165, 1.54) is 15.9 Å². The molecule has 25 heavy (non-hydrogen) atoms. The SMILES string of the molecule is C[PH](c1ccccc1)(c1ccccc1)c1ccccc1.O=S(=O)(O)O. The summed E-state index contributed by atoms with van der Waals surface area (Å²) in [5.74, 6) is 0. The van der Waals surface area contributed by atoms with Gasteiger partial charge >= 0.3 is 131 Å². The summed E-state index contributed by atoms with van der Waals surface area (Å²) in [5.41, 5.74) is 0. The minimum absolute atomic E-state index is 1.46. The van der Waals surface area contributed by atoms with Gasteiger partial charge in [0.25, 0.3) is 0 Å². The predicted octanol–water partition coefficient (Wildman–Crippen LogP) is 2.69. The van der Waals surface area contributed by atoms with E-state index in [1.54, 1.807) is 0 Å². The molecule has 0 radical (unpaired) electrons. The average molecular weight is 376 g/mol. The second-order valence-corrected chi connectivity index (χ2v) is 10.5. The van der Waals surface area contributed by atoms with Gasteiger partial charge in [-0.2, -0.15) is 8.42 Å². The second kappa shape index (κ2) is 8.37. The molecule has 0 aliphatic rings. The molecule has 0 fully saturated rings. The Labute approximate surface area is 149 Å². The molecule has 0 amide bonds. The van der Waals surface area contributed by atoms with E-state index < -0.39 is 17.7 Å². The number of benzene rings is 3. The largest absolute Gasteiger partial charge is 0.394 e. The van der Waals surface area contributed by atoms with Gasteiger partial charge in [0.1, 0.15) is 0 Å². The first-order valence-electron chi connectivity index (χ1n) is 7.68. The molecular formula is C19H21O4PS. The van der Waals surface area contributed by atoms with Crippen LogP contribution < -0.4 is 15.9 Å². The van der Waals surface area contributed by atoms with Crippen LogP contribution in [0.25, 0.3) is 0 Å². The van der Waals surface area contributed by atoms with Gasteiger partial charge < -0.3 is 0 Å². The normalized spacial score (nSPS) is 12.0. The second-order valence-electron chi connectivity index (χ2n) is 5.67. The van der Waals surface area contributed by atoms with Crippen molar-refractivity contribution in [3.63, 3.8) is 0 Å². The van der Waals surface area contributed by atoms with Gasteiger partial charge in [0.2, 0.25) is 0 Å². The zero-order valence-electron chi connectivity index (χ0n) is 13.8. The van der Waals surface area contributed by atoms with Crippen LogP contribution in [0.5, 0.6) is 0 Å². The number of rotatable bonds is 3. The van der Waals surface area contributed by atoms with Crippen molar-refractivity contribution in [2.75, 3.05) is 6.66 Å². The van der Waals surface area contributed by atoms with E-state index >= 15 is 0 Å². The maximum atomic E-state index is 8.74. The minimum Gasteiger partial charge on any atom is -0.264 e. The predicted molar refractivity (Wildman–Crippen MR) is 107 cm³/mol. The third kappa shape index (κ3) is 5.48. The molecule has 0 unspecified atom stereocenters. The van der Waals surface area contributed by atoms with Crippen molar-refractivity contribution in [1.82, 2.24) is 0 Å². The van der Waals surface area contributed by atoms with E-state index in [9.17, 15) is 0 Å². The van der Waals surface area contributed by atoms with Crippen LogP contribution in [-0.4, -0.2) is 24.2 Å². The number of hydrogen-bond acceptors (Lipinski definition) is 2. The molecule has 0 aliphatic carbocycles. The topological polar surface area (TPSA) is 74.6 Å². The molecule has 4 nitrogen and oxygen atoms in total. The minimum atomic E-state index is -4.67. The first-order valence-corrected chi connectivity index (χ1v) is 11.6. The van der Waals surface area contributed by atoms with E-state index in [-0.39, 0.29) is 0 Å². The average Bonchev–Trinajstić information content (AvgIpc) is 2.62. The van der Waals surface area contributed by atoms with Gasteiger partial charge in [-0.15, -0.1) is 0 Å². The van der Waals surface area contributed by atoms with Crippen LogP contribution in [0.1, 0.15) is 0 Å². The summed E-state index contributed by atoms with van der Waals surface area (Å²) in [5, 5.41) is 4.37. The van der Waals surface area contributed by atoms with E-state index in [2.05, 4.69) is 97.7 Å². The molecule has 3 aromatic carbocycles. The Kier molecular flexibility index (Phi) is 6.45. The Morgan fingerprint density at radius 3 is 1.00 bits per heavy atom. The van der Waals surface area contributed by atoms with Crippen molar-refractivity contribution < 1.29 is 17.5 Å². The van der Waals surface area contributed by atoms with Crippen molar-refractivity contribution in [3.05, 3.63) is 91.0 Å². The van der Waals surface area contributed by atoms with Crippen molar-refractivity contribution in [2.24, 2.45) is 0 Å². The standard InChI is InChI=1S/C19H19P.H2O4S/c1-20(17-11-5-2-6-12-17,18-13-7-3-8-14-18)19-15-9-4-10-16-19;1-5(2,3)4/h2-16,20H,1H3;(H2,1,2,3,4). The smallest absolute Gasteiger partial charge is 0.264 e. The van der Waals surface area contributed by atoms with E-state index in [0.717, 1.165) is 0 Å². The zero-order valence-corrected chi connectivity index (χ0v) is 15.6. The molecule has 3 rings (SSSR count). The molecule has 3 aromatic rings. The summed E-state index contributed by atoms with van der Waals surface area (Å²) in [4.78, 5) is 0. The summed E-state index contributed by atoms with van der Waals surface area (Å²) in [6, 6.07) is 32.8. The molecule has 0 spiro atoms. The first kappa shape index (κ1) is 19.3. The van der Waals surface area contributed by atoms with Gasteiger partial charge in [-0.05, 0) is 0 Å². The fraction of sp³-hybridized carbons (Fsp3) is 0.0526. The van der Waals surface area contributed by atoms with Crippen LogP contribution in [-0.2, 0) is 10.4 Å². The molecule has 0 bridgehead atoms. The Morgan fingerprint density at radius 1 is 0.600 bits per heavy atom. The molecule has 0 saturated heterocycles. The van der Waals surface area contributed by atoms with Crippen LogP contribution >= 0.6 is 7.26 Å². The molecular weight excluding hydrogens is 355 g/mol. The molecule has 0 atom stereocenters. The summed E-state index contributed by atoms with van der Waals surface area (Å²) >= 11 is 0. The van der Waals surface area contributed by atoms with Gasteiger partial charge in [0.05, 0.1) is 0 Å². The summed E-state index contributed by atoms with van der Waals surface area (Å²) in [7, 11) is -6.54. The van der Waals surface area contributed by atoms with E-state index in [0.29, 0.717) is 0 Å². The molecule has 2 N–H and O–H groups in total. The van der Waals surface area contributed by atoms with Crippen molar-refractivity contribution in [2.45, 2.75) is 0 Å². The maximum Gasteiger partial charge on any atom is 0.394 e. The van der Waals surface area contributed by atoms with Crippen LogP contribution in [0.2, 0.25) is 0 Å². The van der Waals surface area contributed by atoms with Gasteiger partial charge in [0.15, 0.2) is 0 Å². The van der Waals surface area contributed by atoms with Crippen LogP contribution in [0, 0.1) is 0 Å². The van der Waals surface area contributed by atoms with Crippen LogP contribution in [0.3, 0.4) is 0 Å². The van der Waals surface area contributed by atoms with E-state index in [1.807, 2.05) is 0 Å². The van der Waals surface area contributed by atoms with Crippen molar-refractivity contribution in [1.29, 1.82) is 0 Å².